The predicted molar refractivity (Wildman–Crippen MR) is 235 cm³/mol. The zero-order valence-corrected chi connectivity index (χ0v) is 36.2. The summed E-state index contributed by atoms with van der Waals surface area (Å²) in [6.45, 7) is 3.61. The smallest absolute Gasteiger partial charge is 0.337 e. The van der Waals surface area contributed by atoms with Gasteiger partial charge in [-0.15, -0.1) is 11.3 Å². The van der Waals surface area contributed by atoms with E-state index in [1.54, 1.807) is 36.4 Å². The van der Waals surface area contributed by atoms with Gasteiger partial charge in [-0.2, -0.15) is 0 Å². The Labute approximate surface area is 371 Å². The predicted octanol–water partition coefficient (Wildman–Crippen LogP) is 7.49. The van der Waals surface area contributed by atoms with Crippen molar-refractivity contribution in [3.05, 3.63) is 86.8 Å². The Morgan fingerprint density at radius 3 is 1.93 bits per heavy atom. The molecule has 15 nitrogen and oxygen atoms in total. The van der Waals surface area contributed by atoms with Crippen molar-refractivity contribution in [3.63, 3.8) is 0 Å². The van der Waals surface area contributed by atoms with Crippen LogP contribution in [0.15, 0.2) is 66.2 Å². The van der Waals surface area contributed by atoms with Crippen LogP contribution in [0.25, 0.3) is 33.3 Å². The lowest BCUT2D eigenvalue weighted by molar-refractivity contribution is -0.123. The summed E-state index contributed by atoms with van der Waals surface area (Å²) in [5.41, 5.74) is 3.82. The largest absolute Gasteiger partial charge is 0.492 e. The molecule has 5 rings (SSSR count). The fourth-order valence-corrected chi connectivity index (χ4v) is 6.98. The number of aromatic carboxylic acids is 1. The van der Waals surface area contributed by atoms with Crippen molar-refractivity contribution in [1.82, 2.24) is 20.6 Å². The second-order valence-corrected chi connectivity index (χ2v) is 15.3. The molecule has 0 unspecified atom stereocenters. The van der Waals surface area contributed by atoms with Crippen molar-refractivity contribution in [2.24, 2.45) is 0 Å². The lowest BCUT2D eigenvalue weighted by atomic mass is 10.0. The molecule has 0 atom stereocenters. The van der Waals surface area contributed by atoms with Crippen LogP contribution in [0.3, 0.4) is 0 Å². The quantitative estimate of drug-likeness (QED) is 0.0327. The van der Waals surface area contributed by atoms with E-state index in [-0.39, 0.29) is 62.4 Å². The molecule has 5 N–H and O–H groups in total. The number of thiazole rings is 1. The van der Waals surface area contributed by atoms with Crippen LogP contribution in [0, 0.1) is 0 Å². The second kappa shape index (κ2) is 25.2. The number of carbonyl (C=O) groups excluding carboxylic acids is 3. The second-order valence-electron chi connectivity index (χ2n) is 13.2. The first-order valence-corrected chi connectivity index (χ1v) is 21.4. The summed E-state index contributed by atoms with van der Waals surface area (Å²) in [6.07, 6.45) is 2.56. The Bertz CT molecular complexity index is 2220. The molecule has 0 aliphatic heterocycles. The summed E-state index contributed by atoms with van der Waals surface area (Å²) >= 11 is 19.8. The van der Waals surface area contributed by atoms with E-state index in [0.29, 0.717) is 107 Å². The highest BCUT2D eigenvalue weighted by Crippen LogP contribution is 2.34. The van der Waals surface area contributed by atoms with Crippen molar-refractivity contribution in [1.29, 1.82) is 0 Å². The molecular weight excluding hydrogens is 873 g/mol. The summed E-state index contributed by atoms with van der Waals surface area (Å²) in [7, 11) is 0. The van der Waals surface area contributed by atoms with Gasteiger partial charge < -0.3 is 49.7 Å². The van der Waals surface area contributed by atoms with E-state index in [9.17, 15) is 24.3 Å². The molecule has 61 heavy (non-hydrogen) atoms. The molecule has 19 heteroatoms. The minimum absolute atomic E-state index is 0.158. The molecule has 0 saturated heterocycles. The molecule has 0 saturated carbocycles. The van der Waals surface area contributed by atoms with E-state index in [0.717, 1.165) is 11.1 Å². The number of hydrogen-bond acceptors (Lipinski definition) is 11. The number of hydrogen-bond donors (Lipinski definition) is 5. The number of carboxylic acids is 1. The number of aromatic nitrogens is 2. The molecule has 3 amide bonds. The number of rotatable bonds is 27. The molecule has 0 fully saturated rings. The molecule has 2 aromatic heterocycles. The maximum absolute atomic E-state index is 12.3. The van der Waals surface area contributed by atoms with Crippen LogP contribution in [0.1, 0.15) is 36.0 Å². The fraction of sp³-hybridized carbons (Fsp3) is 0.357. The number of fused-ring (bicyclic) bond motifs is 1. The molecule has 0 radical (unpaired) electrons. The zero-order chi connectivity index (χ0) is 43.4. The highest BCUT2D eigenvalue weighted by molar-refractivity contribution is 7.14. The first-order chi connectivity index (χ1) is 29.6. The van der Waals surface area contributed by atoms with Gasteiger partial charge in [-0.1, -0.05) is 53.0 Å². The third-order valence-corrected chi connectivity index (χ3v) is 10.6. The molecule has 5 aromatic rings. The van der Waals surface area contributed by atoms with Crippen LogP contribution >= 0.6 is 46.1 Å². The molecule has 0 aliphatic carbocycles. The number of H-pyrrole nitrogens is 1. The van der Waals surface area contributed by atoms with Crippen molar-refractivity contribution in [2.75, 3.05) is 77.9 Å². The van der Waals surface area contributed by atoms with Gasteiger partial charge >= 0.3 is 5.97 Å². The average Bonchev–Trinajstić information content (AvgIpc) is 3.89. The van der Waals surface area contributed by atoms with Gasteiger partial charge in [0.2, 0.25) is 17.7 Å². The molecule has 0 bridgehead atoms. The number of amides is 3. The first-order valence-electron chi connectivity index (χ1n) is 19.4. The van der Waals surface area contributed by atoms with E-state index in [1.807, 2.05) is 23.6 Å². The van der Waals surface area contributed by atoms with Gasteiger partial charge in [0.15, 0.2) is 5.13 Å². The number of benzene rings is 3. The summed E-state index contributed by atoms with van der Waals surface area (Å²) < 4.78 is 27.6. The fourth-order valence-electron chi connectivity index (χ4n) is 5.68. The van der Waals surface area contributed by atoms with Gasteiger partial charge in [0, 0.05) is 59.4 Å². The minimum atomic E-state index is -1.02. The molecule has 3 aromatic carbocycles. The minimum Gasteiger partial charge on any atom is -0.492 e. The van der Waals surface area contributed by atoms with Crippen LogP contribution in [0.2, 0.25) is 15.1 Å². The molecule has 0 spiro atoms. The van der Waals surface area contributed by atoms with Crippen molar-refractivity contribution >= 4 is 85.9 Å². The highest BCUT2D eigenvalue weighted by Gasteiger charge is 2.15. The van der Waals surface area contributed by atoms with Crippen LogP contribution in [0.4, 0.5) is 5.13 Å². The topological polar surface area (TPSA) is 199 Å². The maximum Gasteiger partial charge on any atom is 0.337 e. The van der Waals surface area contributed by atoms with E-state index in [4.69, 9.17) is 58.5 Å². The summed E-state index contributed by atoms with van der Waals surface area (Å²) in [5.74, 6) is -0.919. The first kappa shape index (κ1) is 47.3. The Morgan fingerprint density at radius 2 is 1.30 bits per heavy atom. The third kappa shape index (κ3) is 15.9. The number of nitrogens with one attached hydrogen (secondary N) is 4. The third-order valence-electron chi connectivity index (χ3n) is 8.79. The van der Waals surface area contributed by atoms with E-state index < -0.39 is 5.97 Å². The van der Waals surface area contributed by atoms with Gasteiger partial charge in [0.25, 0.3) is 0 Å². The van der Waals surface area contributed by atoms with Crippen LogP contribution in [-0.2, 0) is 33.3 Å². The zero-order valence-electron chi connectivity index (χ0n) is 33.1. The van der Waals surface area contributed by atoms with Gasteiger partial charge in [0.05, 0.1) is 85.7 Å². The SMILES string of the molecule is O=C(CCOCCOCCOCCOCCC(=O)NCCOc1ccc(-c2cc3c(C(=O)O)c[nH]c3cc2Cl)cc1)NCCCC(=O)Nc1nc(-c2ccc(Cl)c(Cl)c2)cs1. The number of carboxylic acid groups (broad SMARTS) is 1. The Balaban J connectivity index is 0.776. The molecular formula is C42H46Cl3N5O10S. The highest BCUT2D eigenvalue weighted by atomic mass is 35.5. The number of aromatic amines is 1. The van der Waals surface area contributed by atoms with Gasteiger partial charge in [-0.25, -0.2) is 9.78 Å². The molecule has 326 valence electrons. The number of carbonyl (C=O) groups is 4. The van der Waals surface area contributed by atoms with Crippen LogP contribution in [0.5, 0.6) is 5.75 Å². The number of halogens is 3. The van der Waals surface area contributed by atoms with E-state index in [2.05, 4.69) is 25.9 Å². The maximum atomic E-state index is 12.3. The monoisotopic (exact) mass is 917 g/mol. The van der Waals surface area contributed by atoms with E-state index >= 15 is 0 Å². The summed E-state index contributed by atoms with van der Waals surface area (Å²) in [4.78, 5) is 55.4. The molecule has 2 heterocycles. The number of anilines is 1. The van der Waals surface area contributed by atoms with E-state index in [1.165, 1.54) is 17.5 Å². The van der Waals surface area contributed by atoms with Gasteiger partial charge in [0.1, 0.15) is 12.4 Å². The normalized spacial score (nSPS) is 11.1. The number of nitrogens with zero attached hydrogens (tertiary/aromatic N) is 1. The average molecular weight is 919 g/mol. The van der Waals surface area contributed by atoms with Crippen LogP contribution in [-0.4, -0.2) is 111 Å². The lowest BCUT2D eigenvalue weighted by Gasteiger charge is -2.10. The summed E-state index contributed by atoms with van der Waals surface area (Å²) in [6, 6.07) is 15.9. The molecule has 0 aliphatic rings. The Morgan fingerprint density at radius 1 is 0.672 bits per heavy atom. The number of ether oxygens (including phenoxy) is 5. The standard InChI is InChI=1S/C42H46Cl3N5O10S/c43-33-8-5-28(22-35(33)45)37-26-61-42(49-37)50-40(53)2-1-11-46-38(51)9-13-56-16-18-58-20-21-59-19-17-57-14-10-39(52)47-12-15-60-29-6-3-27(4-7-29)30-23-31-32(41(54)55)25-48-36(31)24-34(30)44/h3-8,22-26,48H,1-2,9-21H2,(H,46,51)(H,47,52)(H,54,55)(H,49,50,53). The summed E-state index contributed by atoms with van der Waals surface area (Å²) in [5, 5.41) is 22.0. The van der Waals surface area contributed by atoms with Crippen molar-refractivity contribution in [3.8, 4) is 28.1 Å². The van der Waals surface area contributed by atoms with Crippen molar-refractivity contribution < 1.29 is 48.0 Å². The van der Waals surface area contributed by atoms with Crippen LogP contribution < -0.4 is 20.7 Å². The van der Waals surface area contributed by atoms with Gasteiger partial charge in [-0.05, 0) is 48.4 Å². The Hall–Kier alpha value is -4.78. The van der Waals surface area contributed by atoms with Crippen molar-refractivity contribution in [2.45, 2.75) is 25.7 Å². The van der Waals surface area contributed by atoms with Gasteiger partial charge in [-0.3, -0.25) is 14.4 Å². The Kier molecular flexibility index (Phi) is 19.5. The lowest BCUT2D eigenvalue weighted by Crippen LogP contribution is -2.29.